The number of anilines is 1. The lowest BCUT2D eigenvalue weighted by atomic mass is 10.1. The van der Waals surface area contributed by atoms with E-state index in [2.05, 4.69) is 20.9 Å². The molecule has 1 unspecified atom stereocenters. The van der Waals surface area contributed by atoms with Crippen LogP contribution in [0.4, 0.5) is 10.1 Å². The van der Waals surface area contributed by atoms with Crippen LogP contribution in [-0.2, 0) is 0 Å². The number of hydrogen-bond donors (Lipinski definition) is 2. The fourth-order valence-electron chi connectivity index (χ4n) is 3.80. The summed E-state index contributed by atoms with van der Waals surface area (Å²) in [6.45, 7) is 3.98. The molecule has 1 fully saturated rings. The number of halogens is 1. The molecule has 2 N–H and O–H groups in total. The highest BCUT2D eigenvalue weighted by molar-refractivity contribution is 5.83. The number of aliphatic hydroxyl groups is 1. The number of β-amino-alcohol motifs (C(OH)–C–C–N with tert-alkyl or cyclic N) is 1. The highest BCUT2D eigenvalue weighted by Gasteiger charge is 2.23. The van der Waals surface area contributed by atoms with E-state index in [0.29, 0.717) is 6.54 Å². The van der Waals surface area contributed by atoms with Crippen molar-refractivity contribution in [3.05, 3.63) is 60.0 Å². The zero-order valence-electron chi connectivity index (χ0n) is 15.4. The number of methoxy groups -OCH3 is 1. The van der Waals surface area contributed by atoms with E-state index in [0.717, 1.165) is 54.1 Å². The summed E-state index contributed by atoms with van der Waals surface area (Å²) in [6.07, 6.45) is 1.12. The Morgan fingerprint density at radius 1 is 1.15 bits per heavy atom. The molecule has 6 heteroatoms. The van der Waals surface area contributed by atoms with E-state index < -0.39 is 6.10 Å². The minimum Gasteiger partial charge on any atom is -0.495 e. The smallest absolute Gasteiger partial charge is 0.142 e. The molecule has 2 aromatic carbocycles. The van der Waals surface area contributed by atoms with Crippen molar-refractivity contribution in [1.29, 1.82) is 0 Å². The molecule has 1 aliphatic rings. The Hall–Kier alpha value is -2.57. The van der Waals surface area contributed by atoms with Crippen LogP contribution >= 0.6 is 0 Å². The van der Waals surface area contributed by atoms with E-state index in [1.807, 2.05) is 18.2 Å². The molecule has 0 saturated carbocycles. The fraction of sp³-hybridized carbons (Fsp3) is 0.333. The third-order valence-corrected chi connectivity index (χ3v) is 5.26. The lowest BCUT2D eigenvalue weighted by Gasteiger charge is -2.37. The van der Waals surface area contributed by atoms with Gasteiger partial charge in [-0.2, -0.15) is 0 Å². The number of nitrogens with zero attached hydrogens (tertiary/aromatic N) is 2. The van der Waals surface area contributed by atoms with E-state index in [1.54, 1.807) is 19.4 Å². The number of para-hydroxylation sites is 2. The van der Waals surface area contributed by atoms with Gasteiger partial charge in [0.05, 0.1) is 18.9 Å². The molecule has 1 atom stereocenters. The van der Waals surface area contributed by atoms with Gasteiger partial charge in [0.15, 0.2) is 0 Å². The van der Waals surface area contributed by atoms with Gasteiger partial charge < -0.3 is 19.7 Å². The minimum absolute atomic E-state index is 0.291. The van der Waals surface area contributed by atoms with Crippen LogP contribution in [-0.4, -0.2) is 54.8 Å². The Kier molecular flexibility index (Phi) is 5.01. The molecule has 0 aliphatic carbocycles. The van der Waals surface area contributed by atoms with Gasteiger partial charge in [-0.3, -0.25) is 4.90 Å². The number of piperazine rings is 1. The summed E-state index contributed by atoms with van der Waals surface area (Å²) in [5.74, 6) is 0.591. The lowest BCUT2D eigenvalue weighted by Crippen LogP contribution is -2.47. The van der Waals surface area contributed by atoms with Crippen LogP contribution in [0.15, 0.2) is 48.7 Å². The highest BCUT2D eigenvalue weighted by Crippen LogP contribution is 2.29. The van der Waals surface area contributed by atoms with E-state index in [9.17, 15) is 9.50 Å². The Bertz CT molecular complexity index is 919. The average Bonchev–Trinajstić information content (AvgIpc) is 3.11. The Balaban J connectivity index is 1.41. The molecule has 0 radical (unpaired) electrons. The molecule has 2 heterocycles. The number of ether oxygens (including phenoxy) is 1. The first-order valence-electron chi connectivity index (χ1n) is 9.20. The second-order valence-corrected chi connectivity index (χ2v) is 6.91. The number of rotatable bonds is 5. The predicted molar refractivity (Wildman–Crippen MR) is 105 cm³/mol. The first-order valence-corrected chi connectivity index (χ1v) is 9.20. The number of hydrogen-bond acceptors (Lipinski definition) is 4. The van der Waals surface area contributed by atoms with Crippen molar-refractivity contribution in [3.8, 4) is 5.75 Å². The number of aliphatic hydroxyl groups excluding tert-OH is 1. The van der Waals surface area contributed by atoms with Crippen LogP contribution in [0.3, 0.4) is 0 Å². The Morgan fingerprint density at radius 3 is 2.70 bits per heavy atom. The van der Waals surface area contributed by atoms with E-state index >= 15 is 0 Å². The molecule has 0 amide bonds. The molecule has 1 saturated heterocycles. The first-order chi connectivity index (χ1) is 13.2. The maximum atomic E-state index is 13.6. The van der Waals surface area contributed by atoms with Crippen LogP contribution in [0.2, 0.25) is 0 Å². The van der Waals surface area contributed by atoms with E-state index in [4.69, 9.17) is 4.74 Å². The van der Waals surface area contributed by atoms with Crippen LogP contribution < -0.4 is 9.64 Å². The SMILES string of the molecule is COc1ccccc1N1CCN(CC(O)c2c[nH]c3ccc(F)cc23)CC1. The minimum atomic E-state index is -0.654. The number of aromatic nitrogens is 1. The Labute approximate surface area is 158 Å². The third kappa shape index (κ3) is 3.63. The van der Waals surface area contributed by atoms with Crippen molar-refractivity contribution < 1.29 is 14.2 Å². The van der Waals surface area contributed by atoms with Gasteiger partial charge >= 0.3 is 0 Å². The predicted octanol–water partition coefficient (Wildman–Crippen LogP) is 3.17. The van der Waals surface area contributed by atoms with Crippen molar-refractivity contribution >= 4 is 16.6 Å². The van der Waals surface area contributed by atoms with Crippen molar-refractivity contribution in [2.24, 2.45) is 0 Å². The van der Waals surface area contributed by atoms with Crippen molar-refractivity contribution in [2.75, 3.05) is 44.7 Å². The molecular formula is C21H24FN3O2. The molecule has 3 aromatic rings. The summed E-state index contributed by atoms with van der Waals surface area (Å²) in [5.41, 5.74) is 2.69. The summed E-state index contributed by atoms with van der Waals surface area (Å²) >= 11 is 0. The maximum Gasteiger partial charge on any atom is 0.142 e. The molecule has 0 bridgehead atoms. The van der Waals surface area contributed by atoms with Crippen LogP contribution in [0.1, 0.15) is 11.7 Å². The standard InChI is InChI=1S/C21H24FN3O2/c1-27-21-5-3-2-4-19(21)25-10-8-24(9-11-25)14-20(26)17-13-23-18-7-6-15(22)12-16(17)18/h2-7,12-13,20,23,26H,8-11,14H2,1H3. The molecule has 4 rings (SSSR count). The number of aromatic amines is 1. The summed E-state index contributed by atoms with van der Waals surface area (Å²) in [6, 6.07) is 12.6. The van der Waals surface area contributed by atoms with Crippen LogP contribution in [0.5, 0.6) is 5.75 Å². The normalized spacial score (nSPS) is 16.6. The molecule has 0 spiro atoms. The topological polar surface area (TPSA) is 51.7 Å². The average molecular weight is 369 g/mol. The molecule has 142 valence electrons. The third-order valence-electron chi connectivity index (χ3n) is 5.26. The monoisotopic (exact) mass is 369 g/mol. The van der Waals surface area contributed by atoms with Crippen LogP contribution in [0, 0.1) is 5.82 Å². The molecule has 5 nitrogen and oxygen atoms in total. The largest absolute Gasteiger partial charge is 0.495 e. The number of H-pyrrole nitrogens is 1. The van der Waals surface area contributed by atoms with Gasteiger partial charge in [0.2, 0.25) is 0 Å². The quantitative estimate of drug-likeness (QED) is 0.725. The van der Waals surface area contributed by atoms with Crippen LogP contribution in [0.25, 0.3) is 10.9 Å². The van der Waals surface area contributed by atoms with Gasteiger partial charge in [-0.05, 0) is 30.3 Å². The summed E-state index contributed by atoms with van der Waals surface area (Å²) in [5, 5.41) is 11.4. The van der Waals surface area contributed by atoms with E-state index in [1.165, 1.54) is 12.1 Å². The lowest BCUT2D eigenvalue weighted by molar-refractivity contribution is 0.110. The summed E-state index contributed by atoms with van der Waals surface area (Å²) < 4.78 is 19.0. The van der Waals surface area contributed by atoms with Gasteiger partial charge in [-0.25, -0.2) is 4.39 Å². The highest BCUT2D eigenvalue weighted by atomic mass is 19.1. The van der Waals surface area contributed by atoms with Crippen molar-refractivity contribution in [1.82, 2.24) is 9.88 Å². The molecule has 1 aliphatic heterocycles. The first kappa shape index (κ1) is 17.8. The maximum absolute atomic E-state index is 13.6. The van der Waals surface area contributed by atoms with Gasteiger partial charge in [-0.15, -0.1) is 0 Å². The second kappa shape index (κ2) is 7.58. The fourth-order valence-corrected chi connectivity index (χ4v) is 3.80. The van der Waals surface area contributed by atoms with Gasteiger partial charge in [0.1, 0.15) is 11.6 Å². The zero-order chi connectivity index (χ0) is 18.8. The second-order valence-electron chi connectivity index (χ2n) is 6.91. The zero-order valence-corrected chi connectivity index (χ0v) is 15.4. The van der Waals surface area contributed by atoms with Gasteiger partial charge in [0.25, 0.3) is 0 Å². The van der Waals surface area contributed by atoms with Gasteiger partial charge in [-0.1, -0.05) is 12.1 Å². The van der Waals surface area contributed by atoms with Crippen molar-refractivity contribution in [2.45, 2.75) is 6.10 Å². The number of fused-ring (bicyclic) bond motifs is 1. The van der Waals surface area contributed by atoms with E-state index in [-0.39, 0.29) is 5.82 Å². The number of benzene rings is 2. The van der Waals surface area contributed by atoms with Gasteiger partial charge in [0, 0.05) is 55.4 Å². The number of nitrogens with one attached hydrogen (secondary N) is 1. The molecular weight excluding hydrogens is 345 g/mol. The summed E-state index contributed by atoms with van der Waals surface area (Å²) in [7, 11) is 1.69. The Morgan fingerprint density at radius 2 is 1.93 bits per heavy atom. The summed E-state index contributed by atoms with van der Waals surface area (Å²) in [4.78, 5) is 7.66. The van der Waals surface area contributed by atoms with Crippen molar-refractivity contribution in [3.63, 3.8) is 0 Å². The molecule has 27 heavy (non-hydrogen) atoms. The molecule has 1 aromatic heterocycles.